The van der Waals surface area contributed by atoms with E-state index in [1.54, 1.807) is 24.4 Å². The first-order chi connectivity index (χ1) is 20.5. The van der Waals surface area contributed by atoms with Gasteiger partial charge in [-0.25, -0.2) is 4.39 Å². The molecule has 0 bridgehead atoms. The van der Waals surface area contributed by atoms with Gasteiger partial charge in [0.15, 0.2) is 23.1 Å². The van der Waals surface area contributed by atoms with Crippen LogP contribution in [0.25, 0.3) is 10.9 Å². The molecule has 0 saturated carbocycles. The van der Waals surface area contributed by atoms with Crippen molar-refractivity contribution < 1.29 is 28.2 Å². The third kappa shape index (κ3) is 7.00. The third-order valence-electron chi connectivity index (χ3n) is 6.38. The van der Waals surface area contributed by atoms with Crippen LogP contribution in [0.15, 0.2) is 103 Å². The van der Waals surface area contributed by atoms with Crippen LogP contribution in [0.3, 0.4) is 0 Å². The summed E-state index contributed by atoms with van der Waals surface area (Å²) in [5, 5.41) is 5.56. The van der Waals surface area contributed by atoms with E-state index in [0.29, 0.717) is 47.7 Å². The van der Waals surface area contributed by atoms with Crippen molar-refractivity contribution in [2.24, 2.45) is 0 Å². The SMILES string of the molecule is COc1cc2c(Oc3ccc(NC(=O)C(=O)NCCc4ccccc4)cc3F)ccnc2cc1OCc1ccccc1. The predicted octanol–water partition coefficient (Wildman–Crippen LogP) is 6.05. The molecule has 0 saturated heterocycles. The van der Waals surface area contributed by atoms with E-state index >= 15 is 4.39 Å². The Morgan fingerprint density at radius 2 is 1.52 bits per heavy atom. The number of rotatable bonds is 10. The third-order valence-corrected chi connectivity index (χ3v) is 6.38. The van der Waals surface area contributed by atoms with Gasteiger partial charge in [0.1, 0.15) is 12.4 Å². The van der Waals surface area contributed by atoms with Crippen LogP contribution in [0.1, 0.15) is 11.1 Å². The summed E-state index contributed by atoms with van der Waals surface area (Å²) in [6.45, 7) is 0.644. The second-order valence-electron chi connectivity index (χ2n) is 9.30. The quantitative estimate of drug-likeness (QED) is 0.200. The van der Waals surface area contributed by atoms with Gasteiger partial charge < -0.3 is 24.8 Å². The molecule has 0 aliphatic heterocycles. The molecule has 5 rings (SSSR count). The van der Waals surface area contributed by atoms with Crippen molar-refractivity contribution >= 4 is 28.4 Å². The van der Waals surface area contributed by atoms with Gasteiger partial charge in [0, 0.05) is 35.9 Å². The molecule has 0 aliphatic rings. The summed E-state index contributed by atoms with van der Waals surface area (Å²) in [4.78, 5) is 28.9. The number of halogens is 1. The normalized spacial score (nSPS) is 10.6. The zero-order chi connectivity index (χ0) is 29.3. The van der Waals surface area contributed by atoms with Crippen LogP contribution in [-0.2, 0) is 22.6 Å². The topological polar surface area (TPSA) is 98.8 Å². The summed E-state index contributed by atoms with van der Waals surface area (Å²) >= 11 is 0. The molecule has 9 heteroatoms. The largest absolute Gasteiger partial charge is 0.493 e. The van der Waals surface area contributed by atoms with Crippen LogP contribution in [0.2, 0.25) is 0 Å². The maximum absolute atomic E-state index is 15.0. The van der Waals surface area contributed by atoms with Crippen molar-refractivity contribution in [3.8, 4) is 23.0 Å². The lowest BCUT2D eigenvalue weighted by atomic mass is 10.1. The van der Waals surface area contributed by atoms with Crippen LogP contribution in [0.5, 0.6) is 23.0 Å². The van der Waals surface area contributed by atoms with Gasteiger partial charge in [0.2, 0.25) is 0 Å². The van der Waals surface area contributed by atoms with Crippen molar-refractivity contribution in [3.63, 3.8) is 0 Å². The molecule has 5 aromatic rings. The van der Waals surface area contributed by atoms with Crippen LogP contribution in [0.4, 0.5) is 10.1 Å². The zero-order valence-corrected chi connectivity index (χ0v) is 22.8. The molecule has 0 spiro atoms. The summed E-state index contributed by atoms with van der Waals surface area (Å²) in [6.07, 6.45) is 2.13. The molecule has 2 N–H and O–H groups in total. The summed E-state index contributed by atoms with van der Waals surface area (Å²) < 4.78 is 32.4. The smallest absolute Gasteiger partial charge is 0.313 e. The first kappa shape index (κ1) is 28.1. The number of amides is 2. The number of benzene rings is 4. The van der Waals surface area contributed by atoms with Crippen LogP contribution >= 0.6 is 0 Å². The Morgan fingerprint density at radius 1 is 0.786 bits per heavy atom. The van der Waals surface area contributed by atoms with E-state index in [1.807, 2.05) is 60.7 Å². The van der Waals surface area contributed by atoms with Crippen LogP contribution < -0.4 is 24.8 Å². The number of anilines is 1. The van der Waals surface area contributed by atoms with Crippen molar-refractivity contribution in [2.45, 2.75) is 13.0 Å². The van der Waals surface area contributed by atoms with Gasteiger partial charge in [-0.2, -0.15) is 0 Å². The van der Waals surface area contributed by atoms with E-state index in [9.17, 15) is 9.59 Å². The molecule has 0 atom stereocenters. The number of hydrogen-bond donors (Lipinski definition) is 2. The minimum absolute atomic E-state index is 0.0730. The number of nitrogens with one attached hydrogen (secondary N) is 2. The Bertz CT molecular complexity index is 1700. The molecule has 0 radical (unpaired) electrons. The number of carbonyl (C=O) groups excluding carboxylic acids is 2. The van der Waals surface area contributed by atoms with Crippen molar-refractivity contribution in [2.75, 3.05) is 19.0 Å². The molecule has 2 amide bonds. The molecule has 0 fully saturated rings. The van der Waals surface area contributed by atoms with Crippen LogP contribution in [0, 0.1) is 5.82 Å². The van der Waals surface area contributed by atoms with E-state index < -0.39 is 17.6 Å². The van der Waals surface area contributed by atoms with Gasteiger partial charge in [0.05, 0.1) is 12.6 Å². The molecule has 1 heterocycles. The van der Waals surface area contributed by atoms with Gasteiger partial charge >= 0.3 is 11.8 Å². The molecule has 212 valence electrons. The highest BCUT2D eigenvalue weighted by atomic mass is 19.1. The lowest BCUT2D eigenvalue weighted by Crippen LogP contribution is -2.36. The van der Waals surface area contributed by atoms with Crippen molar-refractivity contribution in [3.05, 3.63) is 120 Å². The van der Waals surface area contributed by atoms with Crippen molar-refractivity contribution in [1.29, 1.82) is 0 Å². The van der Waals surface area contributed by atoms with E-state index in [0.717, 1.165) is 17.2 Å². The lowest BCUT2D eigenvalue weighted by Gasteiger charge is -2.14. The average molecular weight is 566 g/mol. The summed E-state index contributed by atoms with van der Waals surface area (Å²) in [7, 11) is 1.53. The number of aromatic nitrogens is 1. The lowest BCUT2D eigenvalue weighted by molar-refractivity contribution is -0.136. The van der Waals surface area contributed by atoms with Gasteiger partial charge in [-0.05, 0) is 41.8 Å². The van der Waals surface area contributed by atoms with Crippen LogP contribution in [-0.4, -0.2) is 30.5 Å². The Labute approximate surface area is 242 Å². The van der Waals surface area contributed by atoms with E-state index in [1.165, 1.54) is 19.2 Å². The number of ether oxygens (including phenoxy) is 3. The van der Waals surface area contributed by atoms with E-state index in [4.69, 9.17) is 14.2 Å². The van der Waals surface area contributed by atoms with Gasteiger partial charge in [-0.3, -0.25) is 14.6 Å². The zero-order valence-electron chi connectivity index (χ0n) is 22.8. The molecular formula is C33H28FN3O5. The second-order valence-corrected chi connectivity index (χ2v) is 9.30. The fraction of sp³-hybridized carbons (Fsp3) is 0.121. The summed E-state index contributed by atoms with van der Waals surface area (Å²) in [6, 6.07) is 28.3. The van der Waals surface area contributed by atoms with E-state index in [-0.39, 0.29) is 11.4 Å². The second kappa shape index (κ2) is 13.3. The number of carbonyl (C=O) groups is 2. The number of methoxy groups -OCH3 is 1. The maximum atomic E-state index is 15.0. The average Bonchev–Trinajstić information content (AvgIpc) is 3.02. The van der Waals surface area contributed by atoms with Crippen molar-refractivity contribution in [1.82, 2.24) is 10.3 Å². The van der Waals surface area contributed by atoms with E-state index in [2.05, 4.69) is 15.6 Å². The number of fused-ring (bicyclic) bond motifs is 1. The van der Waals surface area contributed by atoms with Gasteiger partial charge in [-0.1, -0.05) is 60.7 Å². The Morgan fingerprint density at radius 3 is 2.24 bits per heavy atom. The number of hydrogen-bond acceptors (Lipinski definition) is 6. The Kier molecular flexibility index (Phi) is 8.88. The van der Waals surface area contributed by atoms with Gasteiger partial charge in [-0.15, -0.1) is 0 Å². The highest BCUT2D eigenvalue weighted by Gasteiger charge is 2.16. The molecule has 42 heavy (non-hydrogen) atoms. The summed E-state index contributed by atoms with van der Waals surface area (Å²) in [5.41, 5.74) is 2.72. The first-order valence-corrected chi connectivity index (χ1v) is 13.2. The standard InChI is InChI=1S/C33H28FN3O5/c1-40-30-19-25-27(20-31(30)41-21-23-10-6-3-7-11-23)35-17-15-28(25)42-29-13-12-24(18-26(29)34)37-33(39)32(38)36-16-14-22-8-4-2-5-9-22/h2-13,15,17-20H,14,16,21H2,1H3,(H,36,38)(H,37,39). The minimum Gasteiger partial charge on any atom is -0.493 e. The van der Waals surface area contributed by atoms with Gasteiger partial charge in [0.25, 0.3) is 0 Å². The number of nitrogens with zero attached hydrogens (tertiary/aromatic N) is 1. The first-order valence-electron chi connectivity index (χ1n) is 13.2. The molecule has 0 aliphatic carbocycles. The number of pyridine rings is 1. The molecule has 0 unspecified atom stereocenters. The Hall–Kier alpha value is -5.44. The Balaban J connectivity index is 1.24. The predicted molar refractivity (Wildman–Crippen MR) is 157 cm³/mol. The fourth-order valence-electron chi connectivity index (χ4n) is 4.24. The monoisotopic (exact) mass is 565 g/mol. The highest BCUT2D eigenvalue weighted by Crippen LogP contribution is 2.38. The molecular weight excluding hydrogens is 537 g/mol. The molecule has 1 aromatic heterocycles. The fourth-order valence-corrected chi connectivity index (χ4v) is 4.24. The summed E-state index contributed by atoms with van der Waals surface area (Å²) in [5.74, 6) is -1.18. The minimum atomic E-state index is -0.895. The molecule has 4 aromatic carbocycles. The molecule has 8 nitrogen and oxygen atoms in total. The highest BCUT2D eigenvalue weighted by molar-refractivity contribution is 6.39. The maximum Gasteiger partial charge on any atom is 0.313 e.